The molecule has 0 bridgehead atoms. The first-order valence-corrected chi connectivity index (χ1v) is 9.03. The van der Waals surface area contributed by atoms with Crippen molar-refractivity contribution in [1.29, 1.82) is 0 Å². The summed E-state index contributed by atoms with van der Waals surface area (Å²) in [5.74, 6) is -1.49. The fourth-order valence-electron chi connectivity index (χ4n) is 2.79. The number of aryl methyl sites for hydroxylation is 1. The van der Waals surface area contributed by atoms with E-state index in [0.29, 0.717) is 6.07 Å². The zero-order valence-corrected chi connectivity index (χ0v) is 16.4. The molecule has 0 atom stereocenters. The number of hydrogen-bond donors (Lipinski definition) is 0. The van der Waals surface area contributed by atoms with Crippen LogP contribution in [0.2, 0.25) is 0 Å². The third kappa shape index (κ3) is 4.67. The van der Waals surface area contributed by atoms with Gasteiger partial charge in [0.15, 0.2) is 0 Å². The normalized spacial score (nSPS) is 11.6. The minimum absolute atomic E-state index is 0.0538. The molecule has 0 amide bonds. The third-order valence-corrected chi connectivity index (χ3v) is 4.60. The predicted octanol–water partition coefficient (Wildman–Crippen LogP) is 5.78. The van der Waals surface area contributed by atoms with Gasteiger partial charge in [-0.15, -0.1) is 0 Å². The fourth-order valence-corrected chi connectivity index (χ4v) is 3.16. The quantitative estimate of drug-likeness (QED) is 0.449. The Morgan fingerprint density at radius 2 is 1.76 bits per heavy atom. The number of benzene rings is 2. The molecule has 2 aromatic carbocycles. The maximum atomic E-state index is 13.7. The van der Waals surface area contributed by atoms with Crippen LogP contribution in [0.15, 0.2) is 57.8 Å². The molecule has 0 saturated carbocycles. The van der Waals surface area contributed by atoms with Gasteiger partial charge in [-0.2, -0.15) is 13.2 Å². The number of pyridine rings is 1. The predicted molar refractivity (Wildman–Crippen MR) is 100 cm³/mol. The van der Waals surface area contributed by atoms with Crippen molar-refractivity contribution >= 4 is 15.9 Å². The largest absolute Gasteiger partial charge is 0.489 e. The average Bonchev–Trinajstić information content (AvgIpc) is 2.60. The van der Waals surface area contributed by atoms with Gasteiger partial charge in [0.25, 0.3) is 5.56 Å². The first-order valence-electron chi connectivity index (χ1n) is 8.24. The molecule has 1 aromatic heterocycles. The van der Waals surface area contributed by atoms with Gasteiger partial charge in [-0.1, -0.05) is 15.9 Å². The molecule has 0 fully saturated rings. The van der Waals surface area contributed by atoms with E-state index in [2.05, 4.69) is 15.9 Å². The molecule has 3 nitrogen and oxygen atoms in total. The highest BCUT2D eigenvalue weighted by molar-refractivity contribution is 9.10. The van der Waals surface area contributed by atoms with E-state index >= 15 is 0 Å². The van der Waals surface area contributed by atoms with Gasteiger partial charge in [0.2, 0.25) is 0 Å². The Hall–Kier alpha value is -2.68. The lowest BCUT2D eigenvalue weighted by atomic mass is 10.1. The van der Waals surface area contributed by atoms with E-state index in [4.69, 9.17) is 4.74 Å². The van der Waals surface area contributed by atoms with Gasteiger partial charge < -0.3 is 4.74 Å². The zero-order valence-electron chi connectivity index (χ0n) is 14.9. The van der Waals surface area contributed by atoms with Gasteiger partial charge in [-0.3, -0.25) is 9.36 Å². The summed E-state index contributed by atoms with van der Waals surface area (Å²) in [7, 11) is 0. The molecule has 1 heterocycles. The molecule has 0 spiro atoms. The number of nitrogens with zero attached hydrogens (tertiary/aromatic N) is 1. The van der Waals surface area contributed by atoms with Crippen LogP contribution in [-0.4, -0.2) is 4.57 Å². The minimum atomic E-state index is -4.67. The summed E-state index contributed by atoms with van der Waals surface area (Å²) in [6.45, 7) is 1.18. The molecule has 0 saturated heterocycles. The van der Waals surface area contributed by atoms with Crippen LogP contribution in [0.4, 0.5) is 22.0 Å². The number of aromatic nitrogens is 1. The molecule has 0 aliphatic heterocycles. The van der Waals surface area contributed by atoms with Crippen molar-refractivity contribution in [3.05, 3.63) is 91.8 Å². The Kier molecular flexibility index (Phi) is 5.79. The van der Waals surface area contributed by atoms with Crippen molar-refractivity contribution in [2.45, 2.75) is 19.7 Å². The van der Waals surface area contributed by atoms with Crippen molar-refractivity contribution in [3.63, 3.8) is 0 Å². The number of ether oxygens (including phenoxy) is 1. The van der Waals surface area contributed by atoms with Crippen LogP contribution < -0.4 is 10.3 Å². The van der Waals surface area contributed by atoms with E-state index < -0.39 is 28.9 Å². The number of rotatable bonds is 4. The summed E-state index contributed by atoms with van der Waals surface area (Å²) in [5.41, 5.74) is -1.77. The van der Waals surface area contributed by atoms with Gasteiger partial charge >= 0.3 is 6.18 Å². The molecule has 0 N–H and O–H groups in total. The maximum absolute atomic E-state index is 13.7. The molecule has 0 unspecified atom stereocenters. The van der Waals surface area contributed by atoms with Crippen LogP contribution in [0.5, 0.6) is 5.75 Å². The smallest absolute Gasteiger partial charge is 0.418 e. The van der Waals surface area contributed by atoms with Crippen LogP contribution in [0.25, 0.3) is 5.69 Å². The second-order valence-corrected chi connectivity index (χ2v) is 7.11. The lowest BCUT2D eigenvalue weighted by molar-refractivity contribution is -0.137. The topological polar surface area (TPSA) is 31.2 Å². The molecular weight excluding hydrogens is 461 g/mol. The van der Waals surface area contributed by atoms with Crippen LogP contribution in [0.3, 0.4) is 0 Å². The van der Waals surface area contributed by atoms with E-state index in [-0.39, 0.29) is 33.8 Å². The second kappa shape index (κ2) is 7.98. The molecule has 0 aliphatic rings. The first-order chi connectivity index (χ1) is 13.6. The summed E-state index contributed by atoms with van der Waals surface area (Å²) >= 11 is 3.00. The summed E-state index contributed by atoms with van der Waals surface area (Å²) in [6.07, 6.45) is -4.67. The maximum Gasteiger partial charge on any atom is 0.418 e. The Bertz CT molecular complexity index is 1120. The Balaban J connectivity index is 1.96. The lowest BCUT2D eigenvalue weighted by Gasteiger charge is -2.18. The highest BCUT2D eigenvalue weighted by atomic mass is 79.9. The molecular formula is C20H13BrF5NO2. The Morgan fingerprint density at radius 3 is 2.38 bits per heavy atom. The number of alkyl halides is 3. The standard InChI is InChI=1S/C20H13BrF5NO2/c1-11-6-15(29-10-12-2-4-14(22)8-17(12)23)9-19(28)27(11)18-5-3-13(21)7-16(18)20(24,25)26/h2-9H,10H2,1H3. The van der Waals surface area contributed by atoms with Gasteiger partial charge in [-0.05, 0) is 37.3 Å². The second-order valence-electron chi connectivity index (χ2n) is 6.19. The summed E-state index contributed by atoms with van der Waals surface area (Å²) in [6, 6.07) is 8.83. The molecule has 9 heteroatoms. The van der Waals surface area contributed by atoms with Gasteiger partial charge in [0.1, 0.15) is 24.0 Å². The Morgan fingerprint density at radius 1 is 1.03 bits per heavy atom. The lowest BCUT2D eigenvalue weighted by Crippen LogP contribution is -2.23. The van der Waals surface area contributed by atoms with Crippen molar-refractivity contribution in [2.24, 2.45) is 0 Å². The van der Waals surface area contributed by atoms with Crippen LogP contribution in [0, 0.1) is 18.6 Å². The highest BCUT2D eigenvalue weighted by Crippen LogP contribution is 2.35. The fraction of sp³-hybridized carbons (Fsp3) is 0.150. The molecule has 3 rings (SSSR count). The van der Waals surface area contributed by atoms with Gasteiger partial charge in [0, 0.05) is 33.9 Å². The average molecular weight is 474 g/mol. The van der Waals surface area contributed by atoms with Crippen molar-refractivity contribution < 1.29 is 26.7 Å². The van der Waals surface area contributed by atoms with E-state index in [0.717, 1.165) is 22.8 Å². The first kappa shape index (κ1) is 21.0. The van der Waals surface area contributed by atoms with E-state index in [1.165, 1.54) is 31.2 Å². The van der Waals surface area contributed by atoms with E-state index in [1.807, 2.05) is 0 Å². The van der Waals surface area contributed by atoms with Gasteiger partial charge in [-0.25, -0.2) is 8.78 Å². The summed E-state index contributed by atoms with van der Waals surface area (Å²) < 4.78 is 73.4. The van der Waals surface area contributed by atoms with Crippen molar-refractivity contribution in [1.82, 2.24) is 4.57 Å². The van der Waals surface area contributed by atoms with Crippen LogP contribution in [0.1, 0.15) is 16.8 Å². The molecule has 152 valence electrons. The highest BCUT2D eigenvalue weighted by Gasteiger charge is 2.34. The molecule has 0 aliphatic carbocycles. The monoisotopic (exact) mass is 473 g/mol. The summed E-state index contributed by atoms with van der Waals surface area (Å²) in [5, 5.41) is 0. The zero-order chi connectivity index (χ0) is 21.3. The number of hydrogen-bond acceptors (Lipinski definition) is 2. The van der Waals surface area contributed by atoms with E-state index in [1.54, 1.807) is 0 Å². The van der Waals surface area contributed by atoms with Crippen LogP contribution >= 0.6 is 15.9 Å². The minimum Gasteiger partial charge on any atom is -0.489 e. The number of halogens is 6. The third-order valence-electron chi connectivity index (χ3n) is 4.10. The van der Waals surface area contributed by atoms with E-state index in [9.17, 15) is 26.7 Å². The van der Waals surface area contributed by atoms with Crippen molar-refractivity contribution in [2.75, 3.05) is 0 Å². The summed E-state index contributed by atoms with van der Waals surface area (Å²) in [4.78, 5) is 12.5. The van der Waals surface area contributed by atoms with Crippen molar-refractivity contribution in [3.8, 4) is 11.4 Å². The van der Waals surface area contributed by atoms with Gasteiger partial charge in [0.05, 0.1) is 11.3 Å². The molecule has 3 aromatic rings. The molecule has 29 heavy (non-hydrogen) atoms. The SMILES string of the molecule is Cc1cc(OCc2ccc(F)cc2F)cc(=O)n1-c1ccc(Br)cc1C(F)(F)F. The van der Waals surface area contributed by atoms with Crippen LogP contribution in [-0.2, 0) is 12.8 Å². The molecule has 0 radical (unpaired) electrons. The Labute approximate surface area is 170 Å².